The second kappa shape index (κ2) is 9.04. The molecule has 0 radical (unpaired) electrons. The van der Waals surface area contributed by atoms with Gasteiger partial charge >= 0.3 is 0 Å². The van der Waals surface area contributed by atoms with Gasteiger partial charge in [0.1, 0.15) is 0 Å². The molecule has 2 heterocycles. The van der Waals surface area contributed by atoms with Gasteiger partial charge in [-0.3, -0.25) is 4.79 Å². The maximum Gasteiger partial charge on any atom is 0.226 e. The fourth-order valence-electron chi connectivity index (χ4n) is 3.44. The van der Waals surface area contributed by atoms with E-state index < -0.39 is 0 Å². The summed E-state index contributed by atoms with van der Waals surface area (Å²) in [7, 11) is 0. The number of aryl methyl sites for hydroxylation is 1. The van der Waals surface area contributed by atoms with Crippen molar-refractivity contribution in [3.63, 3.8) is 0 Å². The zero-order chi connectivity index (χ0) is 17.9. The van der Waals surface area contributed by atoms with E-state index in [0.717, 1.165) is 37.3 Å². The first-order valence-corrected chi connectivity index (χ1v) is 9.67. The predicted octanol–water partition coefficient (Wildman–Crippen LogP) is 3.52. The number of nitrogens with zero attached hydrogens (tertiary/aromatic N) is 3. The van der Waals surface area contributed by atoms with Gasteiger partial charge < -0.3 is 14.7 Å². The molecular formula is C19H24Cl2N4O2. The van der Waals surface area contributed by atoms with Gasteiger partial charge in [-0.15, -0.1) is 12.4 Å². The van der Waals surface area contributed by atoms with Crippen molar-refractivity contribution in [2.24, 2.45) is 0 Å². The average molecular weight is 411 g/mol. The van der Waals surface area contributed by atoms with E-state index in [0.29, 0.717) is 42.6 Å². The highest BCUT2D eigenvalue weighted by molar-refractivity contribution is 6.31. The van der Waals surface area contributed by atoms with Crippen LogP contribution in [0.15, 0.2) is 28.8 Å². The van der Waals surface area contributed by atoms with Crippen molar-refractivity contribution in [1.82, 2.24) is 20.4 Å². The summed E-state index contributed by atoms with van der Waals surface area (Å²) in [5.74, 6) is 2.11. The van der Waals surface area contributed by atoms with Gasteiger partial charge in [0.15, 0.2) is 5.82 Å². The Balaban J connectivity index is 0.00000210. The number of nitrogens with one attached hydrogen (secondary N) is 1. The normalized spacial score (nSPS) is 19.6. The Kier molecular flexibility index (Phi) is 6.73. The first kappa shape index (κ1) is 20.1. The van der Waals surface area contributed by atoms with Gasteiger partial charge in [-0.2, -0.15) is 4.98 Å². The Morgan fingerprint density at radius 3 is 2.93 bits per heavy atom. The summed E-state index contributed by atoms with van der Waals surface area (Å²) in [6.07, 6.45) is 4.15. The number of halogens is 2. The van der Waals surface area contributed by atoms with Crippen molar-refractivity contribution in [1.29, 1.82) is 0 Å². The molecule has 146 valence electrons. The lowest BCUT2D eigenvalue weighted by atomic mass is 10.0. The third-order valence-corrected chi connectivity index (χ3v) is 5.38. The van der Waals surface area contributed by atoms with Crippen molar-refractivity contribution in [2.45, 2.75) is 44.1 Å². The lowest BCUT2D eigenvalue weighted by molar-refractivity contribution is -0.134. The maximum atomic E-state index is 12.8. The first-order chi connectivity index (χ1) is 12.7. The Bertz CT molecular complexity index is 779. The van der Waals surface area contributed by atoms with Gasteiger partial charge in [-0.25, -0.2) is 0 Å². The van der Waals surface area contributed by atoms with Crippen LogP contribution in [0.2, 0.25) is 5.02 Å². The lowest BCUT2D eigenvalue weighted by Gasteiger charge is -2.37. The van der Waals surface area contributed by atoms with Gasteiger partial charge in [0, 0.05) is 43.4 Å². The molecule has 1 saturated heterocycles. The fourth-order valence-corrected chi connectivity index (χ4v) is 3.70. The van der Waals surface area contributed by atoms with Crippen LogP contribution in [0.3, 0.4) is 0 Å². The van der Waals surface area contributed by atoms with E-state index in [1.165, 1.54) is 0 Å². The molecule has 1 aliphatic carbocycles. The molecule has 27 heavy (non-hydrogen) atoms. The van der Waals surface area contributed by atoms with Crippen LogP contribution in [0.5, 0.6) is 0 Å². The maximum absolute atomic E-state index is 12.8. The summed E-state index contributed by atoms with van der Waals surface area (Å²) in [4.78, 5) is 19.2. The summed E-state index contributed by atoms with van der Waals surface area (Å²) in [6.45, 7) is 2.23. The van der Waals surface area contributed by atoms with Gasteiger partial charge in [-0.05, 0) is 30.9 Å². The zero-order valence-electron chi connectivity index (χ0n) is 15.1. The second-order valence-corrected chi connectivity index (χ2v) is 7.41. The van der Waals surface area contributed by atoms with Crippen molar-refractivity contribution >= 4 is 29.9 Å². The molecule has 1 aliphatic heterocycles. The molecule has 4 rings (SSSR count). The highest BCUT2D eigenvalue weighted by Crippen LogP contribution is 2.38. The molecule has 6 nitrogen and oxygen atoms in total. The third-order valence-electron chi connectivity index (χ3n) is 5.04. The lowest BCUT2D eigenvalue weighted by Crippen LogP contribution is -2.48. The van der Waals surface area contributed by atoms with Crippen molar-refractivity contribution in [2.75, 3.05) is 19.6 Å². The van der Waals surface area contributed by atoms with Crippen LogP contribution in [0, 0.1) is 0 Å². The number of aromatic nitrogens is 2. The number of hydrogen-bond donors (Lipinski definition) is 1. The summed E-state index contributed by atoms with van der Waals surface area (Å²) in [6, 6.07) is 7.73. The van der Waals surface area contributed by atoms with Crippen LogP contribution in [0.4, 0.5) is 0 Å². The zero-order valence-corrected chi connectivity index (χ0v) is 16.6. The van der Waals surface area contributed by atoms with E-state index in [4.69, 9.17) is 16.1 Å². The molecule has 1 saturated carbocycles. The van der Waals surface area contributed by atoms with Gasteiger partial charge in [-0.1, -0.05) is 35.0 Å². The SMILES string of the molecule is Cl.O=C(CCCc1nc(C2CC2)no1)N1CCNCC1c1ccccc1Cl. The molecule has 1 unspecified atom stereocenters. The Morgan fingerprint density at radius 1 is 1.33 bits per heavy atom. The van der Waals surface area contributed by atoms with E-state index in [2.05, 4.69) is 15.5 Å². The molecule has 1 N–H and O–H groups in total. The van der Waals surface area contributed by atoms with Crippen molar-refractivity contribution in [3.05, 3.63) is 46.6 Å². The van der Waals surface area contributed by atoms with Crippen molar-refractivity contribution < 1.29 is 9.32 Å². The molecule has 2 aromatic rings. The topological polar surface area (TPSA) is 71.3 Å². The Morgan fingerprint density at radius 2 is 2.15 bits per heavy atom. The molecule has 2 aliphatic rings. The Hall–Kier alpha value is -1.63. The summed E-state index contributed by atoms with van der Waals surface area (Å²) < 4.78 is 5.29. The van der Waals surface area contributed by atoms with E-state index in [1.54, 1.807) is 0 Å². The van der Waals surface area contributed by atoms with Crippen molar-refractivity contribution in [3.8, 4) is 0 Å². The number of benzene rings is 1. The van der Waals surface area contributed by atoms with E-state index >= 15 is 0 Å². The monoisotopic (exact) mass is 410 g/mol. The summed E-state index contributed by atoms with van der Waals surface area (Å²) in [5.41, 5.74) is 1.00. The van der Waals surface area contributed by atoms with Gasteiger partial charge in [0.05, 0.1) is 6.04 Å². The number of rotatable bonds is 6. The number of carbonyl (C=O) groups excluding carboxylic acids is 1. The average Bonchev–Trinajstić information content (AvgIpc) is 3.41. The molecular weight excluding hydrogens is 387 g/mol. The second-order valence-electron chi connectivity index (χ2n) is 7.00. The minimum Gasteiger partial charge on any atom is -0.339 e. The minimum absolute atomic E-state index is 0. The molecule has 0 spiro atoms. The predicted molar refractivity (Wildman–Crippen MR) is 105 cm³/mol. The third kappa shape index (κ3) is 4.81. The van der Waals surface area contributed by atoms with Crippen LogP contribution < -0.4 is 5.32 Å². The minimum atomic E-state index is -0.0187. The molecule has 1 amide bonds. The quantitative estimate of drug-likeness (QED) is 0.788. The van der Waals surface area contributed by atoms with Crippen LogP contribution in [0.25, 0.3) is 0 Å². The standard InChI is InChI=1S/C19H23ClN4O2.ClH/c20-15-5-2-1-4-14(15)16-12-21-10-11-24(16)18(25)7-3-6-17-22-19(23-26-17)13-8-9-13;/h1-2,4-5,13,16,21H,3,6-12H2;1H. The number of piperazine rings is 1. The molecule has 1 atom stereocenters. The highest BCUT2D eigenvalue weighted by Gasteiger charge is 2.30. The fraction of sp³-hybridized carbons (Fsp3) is 0.526. The smallest absolute Gasteiger partial charge is 0.226 e. The number of amides is 1. The van der Waals surface area contributed by atoms with Gasteiger partial charge in [0.2, 0.25) is 11.8 Å². The number of carbonyl (C=O) groups is 1. The molecule has 2 fully saturated rings. The molecule has 1 aromatic heterocycles. The highest BCUT2D eigenvalue weighted by atomic mass is 35.5. The Labute approximate surface area is 170 Å². The molecule has 8 heteroatoms. The van der Waals surface area contributed by atoms with E-state index in [9.17, 15) is 4.79 Å². The van der Waals surface area contributed by atoms with Crippen LogP contribution >= 0.6 is 24.0 Å². The van der Waals surface area contributed by atoms with Gasteiger partial charge in [0.25, 0.3) is 0 Å². The molecule has 1 aromatic carbocycles. The van der Waals surface area contributed by atoms with E-state index in [1.807, 2.05) is 29.2 Å². The summed E-state index contributed by atoms with van der Waals surface area (Å²) in [5, 5.41) is 8.09. The van der Waals surface area contributed by atoms with E-state index in [-0.39, 0.29) is 24.4 Å². The first-order valence-electron chi connectivity index (χ1n) is 9.29. The van der Waals surface area contributed by atoms with Crippen LogP contribution in [0.1, 0.15) is 54.9 Å². The summed E-state index contributed by atoms with van der Waals surface area (Å²) >= 11 is 6.35. The largest absolute Gasteiger partial charge is 0.339 e. The number of hydrogen-bond acceptors (Lipinski definition) is 5. The van der Waals surface area contributed by atoms with Crippen LogP contribution in [-0.4, -0.2) is 40.6 Å². The van der Waals surface area contributed by atoms with Crippen LogP contribution in [-0.2, 0) is 11.2 Å². The molecule has 0 bridgehead atoms.